The number of nitrogens with zero attached hydrogens (tertiary/aromatic N) is 5. The Hall–Kier alpha value is -4.76. The van der Waals surface area contributed by atoms with E-state index in [-0.39, 0.29) is 19.0 Å². The molecule has 0 saturated carbocycles. The van der Waals surface area contributed by atoms with E-state index in [9.17, 15) is 9.59 Å². The number of hydrogen-bond donors (Lipinski definition) is 0. The van der Waals surface area contributed by atoms with Crippen molar-refractivity contribution in [1.82, 2.24) is 24.3 Å². The normalized spacial score (nSPS) is 14.7. The second-order valence-electron chi connectivity index (χ2n) is 11.7. The Morgan fingerprint density at radius 2 is 1.51 bits per heavy atom. The Balaban J connectivity index is 1.45. The fraction of sp³-hybridized carbons (Fsp3) is 0.278. The quantitative estimate of drug-likeness (QED) is 0.147. The minimum Gasteiger partial charge on any atom is -0.467 e. The molecule has 0 fully saturated rings. The number of rotatable bonds is 8. The van der Waals surface area contributed by atoms with Crippen molar-refractivity contribution in [3.05, 3.63) is 141 Å². The topological polar surface area (TPSA) is 80.6 Å². The molecule has 1 aliphatic heterocycles. The molecule has 3 aromatic carbocycles. The van der Waals surface area contributed by atoms with Gasteiger partial charge in [-0.05, 0) is 16.7 Å². The largest absolute Gasteiger partial charge is 0.467 e. The van der Waals surface area contributed by atoms with E-state index in [4.69, 9.17) is 14.7 Å². The fourth-order valence-corrected chi connectivity index (χ4v) is 7.13. The molecule has 2 aromatic heterocycles. The van der Waals surface area contributed by atoms with Gasteiger partial charge < -0.3 is 19.1 Å². The van der Waals surface area contributed by atoms with Crippen molar-refractivity contribution >= 4 is 23.3 Å². The number of imidazole rings is 1. The lowest BCUT2D eigenvalue weighted by atomic mass is 9.76. The molecule has 230 valence electrons. The van der Waals surface area contributed by atoms with Crippen LogP contribution >= 0.6 is 11.3 Å². The number of ether oxygens (including phenoxy) is 1. The first-order valence-electron chi connectivity index (χ1n) is 15.1. The van der Waals surface area contributed by atoms with Crippen molar-refractivity contribution in [2.45, 2.75) is 50.9 Å². The first-order chi connectivity index (χ1) is 21.8. The molecule has 1 aliphatic rings. The number of urea groups is 1. The summed E-state index contributed by atoms with van der Waals surface area (Å²) in [6.45, 7) is 4.72. The minimum atomic E-state index is -0.824. The van der Waals surface area contributed by atoms with Crippen LogP contribution in [-0.4, -0.2) is 56.5 Å². The van der Waals surface area contributed by atoms with E-state index in [1.807, 2.05) is 66.3 Å². The number of thiazole rings is 1. The summed E-state index contributed by atoms with van der Waals surface area (Å²) in [5.41, 5.74) is 4.84. The smallest absolute Gasteiger partial charge is 0.329 e. The molecule has 0 unspecified atom stereocenters. The maximum atomic E-state index is 13.9. The summed E-state index contributed by atoms with van der Waals surface area (Å²) in [5, 5.41) is 3.02. The molecule has 8 nitrogen and oxygen atoms in total. The first kappa shape index (κ1) is 30.3. The van der Waals surface area contributed by atoms with Gasteiger partial charge in [-0.25, -0.2) is 19.6 Å². The first-order valence-corrected chi connectivity index (χ1v) is 16.0. The maximum Gasteiger partial charge on any atom is 0.329 e. The molecular formula is C36H37N5O3S. The van der Waals surface area contributed by atoms with Crippen molar-refractivity contribution < 1.29 is 14.3 Å². The molecule has 0 radical (unpaired) electrons. The average Bonchev–Trinajstić information content (AvgIpc) is 3.73. The predicted molar refractivity (Wildman–Crippen MR) is 175 cm³/mol. The monoisotopic (exact) mass is 619 g/mol. The van der Waals surface area contributed by atoms with Crippen molar-refractivity contribution in [3.63, 3.8) is 0 Å². The maximum absolute atomic E-state index is 13.9. The van der Waals surface area contributed by atoms with E-state index >= 15 is 0 Å². The Labute approximate surface area is 267 Å². The molecule has 2 amide bonds. The molecular weight excluding hydrogens is 582 g/mol. The van der Waals surface area contributed by atoms with Crippen LogP contribution < -0.4 is 0 Å². The second kappa shape index (κ2) is 12.7. The van der Waals surface area contributed by atoms with Crippen LogP contribution in [0.5, 0.6) is 0 Å². The van der Waals surface area contributed by atoms with Crippen LogP contribution in [0.1, 0.15) is 58.5 Å². The highest BCUT2D eigenvalue weighted by atomic mass is 32.1. The summed E-state index contributed by atoms with van der Waals surface area (Å²) in [4.78, 5) is 40.1. The van der Waals surface area contributed by atoms with Gasteiger partial charge in [-0.15, -0.1) is 11.3 Å². The fourth-order valence-electron chi connectivity index (χ4n) is 6.31. The molecule has 0 N–H and O–H groups in total. The Morgan fingerprint density at radius 1 is 0.956 bits per heavy atom. The van der Waals surface area contributed by atoms with Gasteiger partial charge >= 0.3 is 12.0 Å². The summed E-state index contributed by atoms with van der Waals surface area (Å²) in [7, 11) is 3.11. The summed E-state index contributed by atoms with van der Waals surface area (Å²) in [5.74, 6) is -0.144. The standard InChI is InChI=1S/C36H37N5O3S/c1-25(2)33-38-29(23-45-33)21-39(3)35(43)40-22-30-31(20-32(40)34(42)44-4)41(24-37-30)36(26-14-8-5-9-15-26,27-16-10-6-11-17-27)28-18-12-7-13-19-28/h5-19,23-25,32H,20-22H2,1-4H3/t32-/m0/s1. The Bertz CT molecular complexity index is 1670. The molecule has 0 saturated heterocycles. The van der Waals surface area contributed by atoms with E-state index in [1.54, 1.807) is 28.2 Å². The van der Waals surface area contributed by atoms with Crippen LogP contribution in [-0.2, 0) is 34.6 Å². The highest BCUT2D eigenvalue weighted by molar-refractivity contribution is 7.09. The van der Waals surface area contributed by atoms with Crippen LogP contribution in [0.15, 0.2) is 103 Å². The van der Waals surface area contributed by atoms with E-state index in [2.05, 4.69) is 54.8 Å². The number of esters is 1. The van der Waals surface area contributed by atoms with Gasteiger partial charge in [0.05, 0.1) is 42.9 Å². The zero-order chi connectivity index (χ0) is 31.6. The van der Waals surface area contributed by atoms with Crippen LogP contribution in [0.3, 0.4) is 0 Å². The average molecular weight is 620 g/mol. The summed E-state index contributed by atoms with van der Waals surface area (Å²) < 4.78 is 7.46. The zero-order valence-corrected chi connectivity index (χ0v) is 26.8. The van der Waals surface area contributed by atoms with E-state index in [0.717, 1.165) is 38.8 Å². The molecule has 0 spiro atoms. The van der Waals surface area contributed by atoms with Gasteiger partial charge in [-0.3, -0.25) is 0 Å². The lowest BCUT2D eigenvalue weighted by Crippen LogP contribution is -2.53. The summed E-state index contributed by atoms with van der Waals surface area (Å²) in [6.07, 6.45) is 2.11. The van der Waals surface area contributed by atoms with Crippen molar-refractivity contribution in [2.24, 2.45) is 0 Å². The van der Waals surface area contributed by atoms with Crippen LogP contribution in [0.2, 0.25) is 0 Å². The number of hydrogen-bond acceptors (Lipinski definition) is 6. The van der Waals surface area contributed by atoms with Crippen LogP contribution in [0.25, 0.3) is 0 Å². The molecule has 6 rings (SSSR count). The molecule has 0 aliphatic carbocycles. The third-order valence-corrected chi connectivity index (χ3v) is 9.67. The van der Waals surface area contributed by atoms with E-state index in [1.165, 1.54) is 7.11 Å². The van der Waals surface area contributed by atoms with Gasteiger partial charge in [0.2, 0.25) is 0 Å². The third-order valence-electron chi connectivity index (χ3n) is 8.48. The minimum absolute atomic E-state index is 0.175. The highest BCUT2D eigenvalue weighted by Gasteiger charge is 2.44. The predicted octanol–water partition coefficient (Wildman–Crippen LogP) is 6.45. The van der Waals surface area contributed by atoms with Gasteiger partial charge in [-0.1, -0.05) is 105 Å². The molecule has 9 heteroatoms. The van der Waals surface area contributed by atoms with Crippen molar-refractivity contribution in [2.75, 3.05) is 14.2 Å². The zero-order valence-electron chi connectivity index (χ0n) is 26.0. The van der Waals surface area contributed by atoms with Gasteiger partial charge in [0.15, 0.2) is 0 Å². The van der Waals surface area contributed by atoms with E-state index < -0.39 is 17.6 Å². The summed E-state index contributed by atoms with van der Waals surface area (Å²) in [6, 6.07) is 29.9. The molecule has 5 aromatic rings. The number of amides is 2. The second-order valence-corrected chi connectivity index (χ2v) is 12.5. The molecule has 1 atom stereocenters. The van der Waals surface area contributed by atoms with Crippen molar-refractivity contribution in [3.8, 4) is 0 Å². The van der Waals surface area contributed by atoms with Gasteiger partial charge in [0.1, 0.15) is 11.6 Å². The third kappa shape index (κ3) is 5.53. The lowest BCUT2D eigenvalue weighted by Gasteiger charge is -2.41. The number of carbonyl (C=O) groups excluding carboxylic acids is 2. The number of methoxy groups -OCH3 is 1. The van der Waals surface area contributed by atoms with Gasteiger partial charge in [0, 0.05) is 30.5 Å². The van der Waals surface area contributed by atoms with Crippen LogP contribution in [0, 0.1) is 0 Å². The van der Waals surface area contributed by atoms with E-state index in [0.29, 0.717) is 12.5 Å². The Morgan fingerprint density at radius 3 is 2.00 bits per heavy atom. The van der Waals surface area contributed by atoms with Gasteiger partial charge in [-0.2, -0.15) is 0 Å². The Kier molecular flexibility index (Phi) is 8.54. The number of fused-ring (bicyclic) bond motifs is 1. The highest BCUT2D eigenvalue weighted by Crippen LogP contribution is 2.43. The number of carbonyl (C=O) groups is 2. The summed E-state index contributed by atoms with van der Waals surface area (Å²) >= 11 is 1.60. The lowest BCUT2D eigenvalue weighted by molar-refractivity contribution is -0.146. The number of aromatic nitrogens is 3. The van der Waals surface area contributed by atoms with Crippen LogP contribution in [0.4, 0.5) is 4.79 Å². The van der Waals surface area contributed by atoms with Crippen molar-refractivity contribution in [1.29, 1.82) is 0 Å². The number of benzene rings is 3. The molecule has 0 bridgehead atoms. The van der Waals surface area contributed by atoms with Gasteiger partial charge in [0.25, 0.3) is 0 Å². The molecule has 3 heterocycles. The molecule has 45 heavy (non-hydrogen) atoms. The SMILES string of the molecule is COC(=O)[C@@H]1Cc2c(ncn2C(c2ccccc2)(c2ccccc2)c2ccccc2)CN1C(=O)N(C)Cc1csc(C(C)C)n1.